The predicted molar refractivity (Wildman–Crippen MR) is 68.6 cm³/mol. The van der Waals surface area contributed by atoms with Gasteiger partial charge in [0.05, 0.1) is 12.8 Å². The second-order valence-electron chi connectivity index (χ2n) is 5.02. The maximum absolute atomic E-state index is 5.68. The third-order valence-electron chi connectivity index (χ3n) is 3.76. The number of nitrogens with zero attached hydrogens (tertiary/aromatic N) is 2. The van der Waals surface area contributed by atoms with Gasteiger partial charge in [-0.3, -0.25) is 4.90 Å². The van der Waals surface area contributed by atoms with Crippen LogP contribution in [0.15, 0.2) is 16.7 Å². The van der Waals surface area contributed by atoms with Gasteiger partial charge in [0, 0.05) is 18.2 Å². The highest BCUT2D eigenvalue weighted by molar-refractivity contribution is 5.16. The van der Waals surface area contributed by atoms with Crippen LogP contribution in [0.1, 0.15) is 24.2 Å². The van der Waals surface area contributed by atoms with Crippen molar-refractivity contribution in [1.82, 2.24) is 9.80 Å². The largest absolute Gasteiger partial charge is 0.468 e. The summed E-state index contributed by atoms with van der Waals surface area (Å²) in [6.07, 6.45) is 4.22. The first-order valence-corrected chi connectivity index (χ1v) is 6.34. The summed E-state index contributed by atoms with van der Waals surface area (Å²) in [6.45, 7) is 3.81. The molecule has 0 atom stereocenters. The highest BCUT2D eigenvalue weighted by atomic mass is 16.3. The van der Waals surface area contributed by atoms with Crippen LogP contribution in [0, 0.1) is 0 Å². The van der Waals surface area contributed by atoms with Crippen LogP contribution in [0.2, 0.25) is 0 Å². The average Bonchev–Trinajstić information content (AvgIpc) is 2.77. The predicted octanol–water partition coefficient (Wildman–Crippen LogP) is 1.26. The number of furan rings is 1. The summed E-state index contributed by atoms with van der Waals surface area (Å²) < 4.78 is 5.51. The molecule has 4 heteroatoms. The van der Waals surface area contributed by atoms with E-state index in [-0.39, 0.29) is 0 Å². The summed E-state index contributed by atoms with van der Waals surface area (Å²) in [5, 5.41) is 0. The molecule has 0 unspecified atom stereocenters. The molecule has 0 amide bonds. The summed E-state index contributed by atoms with van der Waals surface area (Å²) in [6, 6.07) is 2.64. The molecule has 1 fully saturated rings. The van der Waals surface area contributed by atoms with E-state index in [1.807, 2.05) is 6.07 Å². The molecule has 0 radical (unpaired) electrons. The molecule has 0 aliphatic carbocycles. The van der Waals surface area contributed by atoms with Gasteiger partial charge in [-0.25, -0.2) is 0 Å². The Kier molecular flexibility index (Phi) is 4.20. The van der Waals surface area contributed by atoms with Crippen molar-refractivity contribution in [2.75, 3.05) is 27.2 Å². The van der Waals surface area contributed by atoms with Gasteiger partial charge < -0.3 is 15.1 Å². The molecule has 2 heterocycles. The molecule has 0 aromatic carbocycles. The normalized spacial score (nSPS) is 19.1. The fraction of sp³-hybridized carbons (Fsp3) is 0.692. The SMILES string of the molecule is CN1CCC(N(C)Cc2occc2CN)CC1. The highest BCUT2D eigenvalue weighted by Gasteiger charge is 2.21. The van der Waals surface area contributed by atoms with E-state index in [1.54, 1.807) is 6.26 Å². The first-order chi connectivity index (χ1) is 8.20. The van der Waals surface area contributed by atoms with Crippen LogP contribution < -0.4 is 5.73 Å². The zero-order valence-corrected chi connectivity index (χ0v) is 10.9. The molecular weight excluding hydrogens is 214 g/mol. The summed E-state index contributed by atoms with van der Waals surface area (Å²) >= 11 is 0. The standard InChI is InChI=1S/C13H23N3O/c1-15-6-3-12(4-7-15)16(2)10-13-11(9-14)5-8-17-13/h5,8,12H,3-4,6-7,9-10,14H2,1-2H3. The Bertz CT molecular complexity index is 342. The monoisotopic (exact) mass is 237 g/mol. The van der Waals surface area contributed by atoms with Gasteiger partial charge in [-0.05, 0) is 46.1 Å². The fourth-order valence-electron chi connectivity index (χ4n) is 2.48. The quantitative estimate of drug-likeness (QED) is 0.856. The number of likely N-dealkylation sites (tertiary alicyclic amines) is 1. The first kappa shape index (κ1) is 12.6. The molecule has 0 saturated carbocycles. The van der Waals surface area contributed by atoms with Gasteiger partial charge in [-0.1, -0.05) is 0 Å². The van der Waals surface area contributed by atoms with Crippen LogP contribution >= 0.6 is 0 Å². The van der Waals surface area contributed by atoms with Gasteiger partial charge in [-0.15, -0.1) is 0 Å². The van der Waals surface area contributed by atoms with Crippen molar-refractivity contribution in [2.45, 2.75) is 32.0 Å². The zero-order chi connectivity index (χ0) is 12.3. The lowest BCUT2D eigenvalue weighted by Gasteiger charge is -2.34. The molecule has 2 N–H and O–H groups in total. The van der Waals surface area contributed by atoms with E-state index in [0.717, 1.165) is 17.9 Å². The fourth-order valence-corrected chi connectivity index (χ4v) is 2.48. The maximum Gasteiger partial charge on any atom is 0.122 e. The molecule has 1 aromatic rings. The number of piperidine rings is 1. The minimum absolute atomic E-state index is 0.563. The maximum atomic E-state index is 5.68. The highest BCUT2D eigenvalue weighted by Crippen LogP contribution is 2.18. The van der Waals surface area contributed by atoms with Gasteiger partial charge in [0.2, 0.25) is 0 Å². The van der Waals surface area contributed by atoms with Crippen LogP contribution in [0.4, 0.5) is 0 Å². The smallest absolute Gasteiger partial charge is 0.122 e. The van der Waals surface area contributed by atoms with Crippen molar-refractivity contribution in [2.24, 2.45) is 5.73 Å². The summed E-state index contributed by atoms with van der Waals surface area (Å²) in [7, 11) is 4.37. The Balaban J connectivity index is 1.90. The molecule has 17 heavy (non-hydrogen) atoms. The van der Waals surface area contributed by atoms with Gasteiger partial charge in [-0.2, -0.15) is 0 Å². The minimum atomic E-state index is 0.563. The van der Waals surface area contributed by atoms with Crippen molar-refractivity contribution >= 4 is 0 Å². The molecule has 2 rings (SSSR count). The lowest BCUT2D eigenvalue weighted by Crippen LogP contribution is -2.41. The van der Waals surface area contributed by atoms with Crippen LogP contribution in [-0.2, 0) is 13.1 Å². The topological polar surface area (TPSA) is 45.6 Å². The van der Waals surface area contributed by atoms with Crippen molar-refractivity contribution < 1.29 is 4.42 Å². The van der Waals surface area contributed by atoms with Crippen LogP contribution in [0.5, 0.6) is 0 Å². The van der Waals surface area contributed by atoms with E-state index in [1.165, 1.54) is 25.9 Å². The molecule has 4 nitrogen and oxygen atoms in total. The van der Waals surface area contributed by atoms with Crippen molar-refractivity contribution in [3.05, 3.63) is 23.7 Å². The third kappa shape index (κ3) is 3.09. The average molecular weight is 237 g/mol. The third-order valence-corrected chi connectivity index (χ3v) is 3.76. The van der Waals surface area contributed by atoms with E-state index in [2.05, 4.69) is 23.9 Å². The van der Waals surface area contributed by atoms with E-state index in [9.17, 15) is 0 Å². The number of hydrogen-bond acceptors (Lipinski definition) is 4. The second kappa shape index (κ2) is 5.67. The van der Waals surface area contributed by atoms with Crippen LogP contribution in [0.25, 0.3) is 0 Å². The van der Waals surface area contributed by atoms with Crippen molar-refractivity contribution in [3.8, 4) is 0 Å². The van der Waals surface area contributed by atoms with Gasteiger partial charge in [0.25, 0.3) is 0 Å². The lowest BCUT2D eigenvalue weighted by atomic mass is 10.0. The Morgan fingerprint density at radius 1 is 1.47 bits per heavy atom. The Labute approximate surface area is 103 Å². The Morgan fingerprint density at radius 2 is 2.18 bits per heavy atom. The van der Waals surface area contributed by atoms with Gasteiger partial charge >= 0.3 is 0 Å². The summed E-state index contributed by atoms with van der Waals surface area (Å²) in [4.78, 5) is 4.79. The summed E-state index contributed by atoms with van der Waals surface area (Å²) in [5.74, 6) is 1.02. The van der Waals surface area contributed by atoms with Crippen molar-refractivity contribution in [3.63, 3.8) is 0 Å². The van der Waals surface area contributed by atoms with Gasteiger partial charge in [0.1, 0.15) is 5.76 Å². The van der Waals surface area contributed by atoms with E-state index in [0.29, 0.717) is 12.6 Å². The molecule has 1 aliphatic heterocycles. The summed E-state index contributed by atoms with van der Waals surface area (Å²) in [5.41, 5.74) is 6.81. The molecule has 96 valence electrons. The molecule has 0 bridgehead atoms. The molecule has 1 aliphatic rings. The van der Waals surface area contributed by atoms with Crippen LogP contribution in [-0.4, -0.2) is 43.0 Å². The van der Waals surface area contributed by atoms with E-state index < -0.39 is 0 Å². The second-order valence-corrected chi connectivity index (χ2v) is 5.02. The van der Waals surface area contributed by atoms with E-state index >= 15 is 0 Å². The Morgan fingerprint density at radius 3 is 2.82 bits per heavy atom. The van der Waals surface area contributed by atoms with Crippen molar-refractivity contribution in [1.29, 1.82) is 0 Å². The number of nitrogens with two attached hydrogens (primary N) is 1. The number of rotatable bonds is 4. The first-order valence-electron chi connectivity index (χ1n) is 6.34. The minimum Gasteiger partial charge on any atom is -0.468 e. The van der Waals surface area contributed by atoms with Gasteiger partial charge in [0.15, 0.2) is 0 Å². The molecule has 1 aromatic heterocycles. The lowest BCUT2D eigenvalue weighted by molar-refractivity contribution is 0.132. The van der Waals surface area contributed by atoms with E-state index in [4.69, 9.17) is 10.2 Å². The number of hydrogen-bond donors (Lipinski definition) is 1. The zero-order valence-electron chi connectivity index (χ0n) is 10.9. The molecule has 1 saturated heterocycles. The molecular formula is C13H23N3O. The van der Waals surface area contributed by atoms with Crippen LogP contribution in [0.3, 0.4) is 0 Å². The Hall–Kier alpha value is -0.840. The molecule has 0 spiro atoms.